The van der Waals surface area contributed by atoms with E-state index in [4.69, 9.17) is 0 Å². The summed E-state index contributed by atoms with van der Waals surface area (Å²) in [7, 11) is 0. The zero-order valence-electron chi connectivity index (χ0n) is 17.6. The average molecular weight is 423 g/mol. The normalized spacial score (nSPS) is 18.5. The first-order chi connectivity index (χ1) is 14.3. The Labute approximate surface area is 179 Å². The lowest BCUT2D eigenvalue weighted by Gasteiger charge is -2.39. The molecule has 5 nitrogen and oxygen atoms in total. The molecule has 1 N–H and O–H groups in total. The van der Waals surface area contributed by atoms with Crippen LogP contribution in [-0.2, 0) is 6.42 Å². The fraction of sp³-hybridized carbons (Fsp3) is 0.417. The Morgan fingerprint density at radius 2 is 1.93 bits per heavy atom. The van der Waals surface area contributed by atoms with Gasteiger partial charge < -0.3 is 14.6 Å². The standard InChI is InChI=1S/C24H26N2O3S/c1-24(2,3)21-11-15-14-6-9-30-22(14)19(25-7-4-5-8-25)10-16(15)18-12-20(27)17(23(28)29)13-26(18)21/h6,9-10,12-13,21H,4-5,7-8,11H2,1-3H3,(H,28,29)/t21-/m0/s1. The van der Waals surface area contributed by atoms with E-state index in [0.29, 0.717) is 0 Å². The quantitative estimate of drug-likeness (QED) is 0.619. The molecule has 6 heteroatoms. The molecule has 2 aromatic heterocycles. The predicted octanol–water partition coefficient (Wildman–Crippen LogP) is 5.17. The van der Waals surface area contributed by atoms with Gasteiger partial charge in [-0.2, -0.15) is 0 Å². The van der Waals surface area contributed by atoms with Crippen molar-refractivity contribution in [2.24, 2.45) is 5.41 Å². The monoisotopic (exact) mass is 422 g/mol. The van der Waals surface area contributed by atoms with Crippen LogP contribution in [0.15, 0.2) is 34.6 Å². The molecule has 5 rings (SSSR count). The second kappa shape index (κ2) is 6.71. The lowest BCUT2D eigenvalue weighted by atomic mass is 9.78. The average Bonchev–Trinajstić information content (AvgIpc) is 3.37. The molecule has 1 atom stereocenters. The van der Waals surface area contributed by atoms with Crippen molar-refractivity contribution in [2.75, 3.05) is 18.0 Å². The van der Waals surface area contributed by atoms with Gasteiger partial charge in [0, 0.05) is 37.0 Å². The van der Waals surface area contributed by atoms with Crippen LogP contribution in [0.1, 0.15) is 55.6 Å². The van der Waals surface area contributed by atoms with Gasteiger partial charge in [0.15, 0.2) is 5.43 Å². The zero-order valence-corrected chi connectivity index (χ0v) is 18.4. The van der Waals surface area contributed by atoms with Crippen LogP contribution in [0.5, 0.6) is 0 Å². The van der Waals surface area contributed by atoms with E-state index in [-0.39, 0.29) is 17.0 Å². The summed E-state index contributed by atoms with van der Waals surface area (Å²) in [5.41, 5.74) is 3.74. The predicted molar refractivity (Wildman–Crippen MR) is 122 cm³/mol. The third-order valence-electron chi connectivity index (χ3n) is 6.59. The summed E-state index contributed by atoms with van der Waals surface area (Å²) in [5, 5.41) is 13.0. The maximum absolute atomic E-state index is 12.7. The number of hydrogen-bond acceptors (Lipinski definition) is 4. The summed E-state index contributed by atoms with van der Waals surface area (Å²) in [6, 6.07) is 6.05. The molecule has 0 radical (unpaired) electrons. The van der Waals surface area contributed by atoms with Gasteiger partial charge in [0.2, 0.25) is 0 Å². The Balaban J connectivity index is 1.83. The molecular formula is C24H26N2O3S. The fourth-order valence-electron chi connectivity index (χ4n) is 5.02. The van der Waals surface area contributed by atoms with Gasteiger partial charge in [0.05, 0.1) is 16.1 Å². The second-order valence-corrected chi connectivity index (χ2v) is 10.4. The number of rotatable bonds is 2. The fourth-order valence-corrected chi connectivity index (χ4v) is 5.99. The molecule has 156 valence electrons. The molecule has 1 saturated heterocycles. The van der Waals surface area contributed by atoms with Crippen LogP contribution < -0.4 is 10.3 Å². The Hall–Kier alpha value is -2.60. The van der Waals surface area contributed by atoms with Gasteiger partial charge in [-0.1, -0.05) is 20.8 Å². The van der Waals surface area contributed by atoms with Crippen molar-refractivity contribution in [3.05, 3.63) is 51.1 Å². The maximum Gasteiger partial charge on any atom is 0.341 e. The van der Waals surface area contributed by atoms with E-state index in [1.807, 2.05) is 4.57 Å². The highest BCUT2D eigenvalue weighted by molar-refractivity contribution is 7.17. The number of carboxylic acids is 1. The van der Waals surface area contributed by atoms with Crippen molar-refractivity contribution in [2.45, 2.75) is 46.1 Å². The van der Waals surface area contributed by atoms with Gasteiger partial charge in [-0.05, 0) is 53.1 Å². The first kappa shape index (κ1) is 19.4. The minimum Gasteiger partial charge on any atom is -0.477 e. The van der Waals surface area contributed by atoms with E-state index in [2.05, 4.69) is 43.2 Å². The van der Waals surface area contributed by atoms with Gasteiger partial charge in [0.25, 0.3) is 0 Å². The Bertz CT molecular complexity index is 1230. The topological polar surface area (TPSA) is 62.5 Å². The van der Waals surface area contributed by atoms with E-state index >= 15 is 0 Å². The van der Waals surface area contributed by atoms with E-state index in [9.17, 15) is 14.7 Å². The minimum atomic E-state index is -1.17. The van der Waals surface area contributed by atoms with Crippen molar-refractivity contribution in [1.82, 2.24) is 4.57 Å². The summed E-state index contributed by atoms with van der Waals surface area (Å²) in [6.45, 7) is 8.64. The number of anilines is 1. The summed E-state index contributed by atoms with van der Waals surface area (Å²) in [4.78, 5) is 26.8. The molecular weight excluding hydrogens is 396 g/mol. The maximum atomic E-state index is 12.7. The minimum absolute atomic E-state index is 0.0689. The van der Waals surface area contributed by atoms with Gasteiger partial charge >= 0.3 is 5.97 Å². The number of thiophene rings is 1. The van der Waals surface area contributed by atoms with E-state index in [0.717, 1.165) is 30.8 Å². The highest BCUT2D eigenvalue weighted by Crippen LogP contribution is 2.48. The largest absolute Gasteiger partial charge is 0.477 e. The van der Waals surface area contributed by atoms with Gasteiger partial charge in [-0.25, -0.2) is 4.79 Å². The number of aromatic carboxylic acids is 1. The van der Waals surface area contributed by atoms with Crippen molar-refractivity contribution >= 4 is 33.1 Å². The highest BCUT2D eigenvalue weighted by Gasteiger charge is 2.35. The SMILES string of the molecule is CC(C)(C)[C@@H]1Cc2c(cc(N3CCCC3)c3sccc23)-c2cc(=O)c(C(=O)O)cn21. The lowest BCUT2D eigenvalue weighted by molar-refractivity contribution is 0.0693. The van der Waals surface area contributed by atoms with Gasteiger partial charge in [0.1, 0.15) is 5.56 Å². The molecule has 2 aliphatic rings. The van der Waals surface area contributed by atoms with Crippen LogP contribution >= 0.6 is 11.3 Å². The molecule has 30 heavy (non-hydrogen) atoms. The number of hydrogen-bond donors (Lipinski definition) is 1. The molecule has 1 aromatic carbocycles. The molecule has 2 aliphatic heterocycles. The molecule has 0 saturated carbocycles. The number of aromatic nitrogens is 1. The molecule has 4 heterocycles. The smallest absolute Gasteiger partial charge is 0.341 e. The number of carbonyl (C=O) groups is 1. The number of carboxylic acid groups (broad SMARTS) is 1. The summed E-state index contributed by atoms with van der Waals surface area (Å²) >= 11 is 1.79. The molecule has 0 spiro atoms. The number of fused-ring (bicyclic) bond motifs is 5. The Morgan fingerprint density at radius 3 is 2.60 bits per heavy atom. The summed E-state index contributed by atoms with van der Waals surface area (Å²) in [6.07, 6.45) is 4.79. The van der Waals surface area contributed by atoms with E-state index in [1.165, 1.54) is 40.2 Å². The Kier molecular flexibility index (Phi) is 4.33. The van der Waals surface area contributed by atoms with Crippen molar-refractivity contribution in [3.8, 4) is 11.3 Å². The molecule has 0 aliphatic carbocycles. The summed E-state index contributed by atoms with van der Waals surface area (Å²) in [5.74, 6) is -1.17. The third kappa shape index (κ3) is 2.88. The first-order valence-corrected chi connectivity index (χ1v) is 11.4. The van der Waals surface area contributed by atoms with Gasteiger partial charge in [-0.3, -0.25) is 4.79 Å². The molecule has 0 bridgehead atoms. The zero-order chi connectivity index (χ0) is 21.2. The Morgan fingerprint density at radius 1 is 1.20 bits per heavy atom. The van der Waals surface area contributed by atoms with Gasteiger partial charge in [-0.15, -0.1) is 11.3 Å². The van der Waals surface area contributed by atoms with Crippen molar-refractivity contribution in [1.29, 1.82) is 0 Å². The second-order valence-electron chi connectivity index (χ2n) is 9.51. The number of pyridine rings is 1. The van der Waals surface area contributed by atoms with Crippen LogP contribution in [-0.4, -0.2) is 28.7 Å². The summed E-state index contributed by atoms with van der Waals surface area (Å²) < 4.78 is 3.36. The van der Waals surface area contributed by atoms with Crippen molar-refractivity contribution < 1.29 is 9.90 Å². The molecule has 0 unspecified atom stereocenters. The van der Waals surface area contributed by atoms with Crippen LogP contribution in [0.2, 0.25) is 0 Å². The molecule has 1 fully saturated rings. The first-order valence-electron chi connectivity index (χ1n) is 10.5. The number of benzene rings is 1. The number of nitrogens with zero attached hydrogens (tertiary/aromatic N) is 2. The molecule has 0 amide bonds. The van der Waals surface area contributed by atoms with Crippen LogP contribution in [0.3, 0.4) is 0 Å². The van der Waals surface area contributed by atoms with Crippen LogP contribution in [0.25, 0.3) is 21.3 Å². The van der Waals surface area contributed by atoms with Crippen LogP contribution in [0, 0.1) is 5.41 Å². The van der Waals surface area contributed by atoms with E-state index < -0.39 is 11.4 Å². The van der Waals surface area contributed by atoms with Crippen molar-refractivity contribution in [3.63, 3.8) is 0 Å². The third-order valence-corrected chi connectivity index (χ3v) is 7.53. The highest BCUT2D eigenvalue weighted by atomic mass is 32.1. The van der Waals surface area contributed by atoms with E-state index in [1.54, 1.807) is 17.5 Å². The lowest BCUT2D eigenvalue weighted by Crippen LogP contribution is -2.33. The molecule has 3 aromatic rings. The van der Waals surface area contributed by atoms with Crippen LogP contribution in [0.4, 0.5) is 5.69 Å².